The second-order valence-electron chi connectivity index (χ2n) is 4.10. The van der Waals surface area contributed by atoms with Gasteiger partial charge in [-0.3, -0.25) is 4.79 Å². The molecule has 1 heterocycles. The minimum atomic E-state index is 0.00412. The third-order valence-electron chi connectivity index (χ3n) is 2.91. The van der Waals surface area contributed by atoms with Crippen LogP contribution in [0.2, 0.25) is 0 Å². The van der Waals surface area contributed by atoms with Gasteiger partial charge in [0.25, 0.3) is 0 Å². The number of anilines is 3. The topological polar surface area (TPSA) is 32.3 Å². The van der Waals surface area contributed by atoms with Crippen LogP contribution in [-0.4, -0.2) is 12.5 Å². The SMILES string of the molecule is O=C1CN(c2ccccc2Br)c2ccccc2N1. The molecule has 0 unspecified atom stereocenters. The number of hydrogen-bond acceptors (Lipinski definition) is 2. The fourth-order valence-corrected chi connectivity index (χ4v) is 2.62. The number of carbonyl (C=O) groups excluding carboxylic acids is 1. The number of amides is 1. The number of rotatable bonds is 1. The van der Waals surface area contributed by atoms with Crippen molar-refractivity contribution in [1.29, 1.82) is 0 Å². The lowest BCUT2D eigenvalue weighted by molar-refractivity contribution is -0.115. The first-order chi connectivity index (χ1) is 8.75. The van der Waals surface area contributed by atoms with Crippen LogP contribution >= 0.6 is 15.9 Å². The number of hydrogen-bond donors (Lipinski definition) is 1. The van der Waals surface area contributed by atoms with Crippen molar-refractivity contribution in [3.8, 4) is 0 Å². The largest absolute Gasteiger partial charge is 0.329 e. The Morgan fingerprint density at radius 1 is 1.00 bits per heavy atom. The molecule has 2 aromatic carbocycles. The van der Waals surface area contributed by atoms with E-state index in [0.29, 0.717) is 6.54 Å². The minimum Gasteiger partial charge on any atom is -0.329 e. The predicted octanol–water partition coefficient (Wildman–Crippen LogP) is 3.54. The average molecular weight is 303 g/mol. The molecule has 0 fully saturated rings. The lowest BCUT2D eigenvalue weighted by Crippen LogP contribution is -2.35. The van der Waals surface area contributed by atoms with Gasteiger partial charge < -0.3 is 10.2 Å². The molecule has 0 aromatic heterocycles. The normalized spacial score (nSPS) is 14.1. The molecule has 1 N–H and O–H groups in total. The number of carbonyl (C=O) groups is 1. The summed E-state index contributed by atoms with van der Waals surface area (Å²) in [6.45, 7) is 0.333. The summed E-state index contributed by atoms with van der Waals surface area (Å²) in [4.78, 5) is 13.8. The third-order valence-corrected chi connectivity index (χ3v) is 3.58. The molecule has 3 nitrogen and oxygen atoms in total. The van der Waals surface area contributed by atoms with Crippen LogP contribution in [0.15, 0.2) is 53.0 Å². The molecular formula is C14H11BrN2O. The van der Waals surface area contributed by atoms with E-state index in [9.17, 15) is 4.79 Å². The summed E-state index contributed by atoms with van der Waals surface area (Å²) in [7, 11) is 0. The zero-order valence-electron chi connectivity index (χ0n) is 9.56. The molecule has 90 valence electrons. The van der Waals surface area contributed by atoms with Gasteiger partial charge in [-0.1, -0.05) is 24.3 Å². The maximum Gasteiger partial charge on any atom is 0.244 e. The van der Waals surface area contributed by atoms with Crippen molar-refractivity contribution in [1.82, 2.24) is 0 Å². The van der Waals surface area contributed by atoms with Crippen LogP contribution in [0, 0.1) is 0 Å². The van der Waals surface area contributed by atoms with Gasteiger partial charge in [-0.25, -0.2) is 0 Å². The zero-order valence-corrected chi connectivity index (χ0v) is 11.1. The van der Waals surface area contributed by atoms with Crippen molar-refractivity contribution in [3.05, 3.63) is 53.0 Å². The van der Waals surface area contributed by atoms with E-state index in [2.05, 4.69) is 21.2 Å². The molecule has 2 aromatic rings. The molecule has 0 atom stereocenters. The number of halogens is 1. The summed E-state index contributed by atoms with van der Waals surface area (Å²) in [5.74, 6) is 0.00412. The van der Waals surface area contributed by atoms with Crippen molar-refractivity contribution in [3.63, 3.8) is 0 Å². The molecule has 1 aliphatic heterocycles. The Morgan fingerprint density at radius 3 is 2.44 bits per heavy atom. The van der Waals surface area contributed by atoms with E-state index < -0.39 is 0 Å². The maximum absolute atomic E-state index is 11.8. The summed E-state index contributed by atoms with van der Waals surface area (Å²) < 4.78 is 0.981. The van der Waals surface area contributed by atoms with Crippen LogP contribution < -0.4 is 10.2 Å². The smallest absolute Gasteiger partial charge is 0.244 e. The van der Waals surface area contributed by atoms with Crippen molar-refractivity contribution in [2.75, 3.05) is 16.8 Å². The Kier molecular flexibility index (Phi) is 2.80. The maximum atomic E-state index is 11.8. The van der Waals surface area contributed by atoms with Gasteiger partial charge in [-0.05, 0) is 40.2 Å². The zero-order chi connectivity index (χ0) is 12.5. The second-order valence-corrected chi connectivity index (χ2v) is 4.96. The Labute approximate surface area is 114 Å². The molecule has 4 heteroatoms. The van der Waals surface area contributed by atoms with Gasteiger partial charge in [0, 0.05) is 4.47 Å². The molecule has 1 aliphatic rings. The molecule has 0 saturated heterocycles. The highest BCUT2D eigenvalue weighted by molar-refractivity contribution is 9.10. The Hall–Kier alpha value is -1.81. The molecule has 3 rings (SSSR count). The van der Waals surface area contributed by atoms with Gasteiger partial charge >= 0.3 is 0 Å². The summed E-state index contributed by atoms with van der Waals surface area (Å²) in [5, 5.41) is 2.88. The molecule has 0 spiro atoms. The van der Waals surface area contributed by atoms with E-state index in [4.69, 9.17) is 0 Å². The third kappa shape index (κ3) is 1.88. The minimum absolute atomic E-state index is 0.00412. The summed E-state index contributed by atoms with van der Waals surface area (Å²) in [6.07, 6.45) is 0. The first-order valence-corrected chi connectivity index (χ1v) is 6.46. The quantitative estimate of drug-likeness (QED) is 0.874. The van der Waals surface area contributed by atoms with Gasteiger partial charge in [0.05, 0.1) is 17.1 Å². The van der Waals surface area contributed by atoms with Crippen LogP contribution in [0.1, 0.15) is 0 Å². The molecule has 0 aliphatic carbocycles. The van der Waals surface area contributed by atoms with Gasteiger partial charge in [-0.2, -0.15) is 0 Å². The Bertz CT molecular complexity index is 612. The van der Waals surface area contributed by atoms with E-state index in [-0.39, 0.29) is 5.91 Å². The van der Waals surface area contributed by atoms with E-state index in [1.807, 2.05) is 53.4 Å². The lowest BCUT2D eigenvalue weighted by atomic mass is 10.1. The first kappa shape index (κ1) is 11.3. The summed E-state index contributed by atoms with van der Waals surface area (Å²) in [6, 6.07) is 15.7. The molecule has 1 amide bonds. The van der Waals surface area contributed by atoms with Gasteiger partial charge in [-0.15, -0.1) is 0 Å². The lowest BCUT2D eigenvalue weighted by Gasteiger charge is -2.31. The van der Waals surface area contributed by atoms with Crippen LogP contribution in [0.5, 0.6) is 0 Å². The highest BCUT2D eigenvalue weighted by Crippen LogP contribution is 2.37. The monoisotopic (exact) mass is 302 g/mol. The number of nitrogens with zero attached hydrogens (tertiary/aromatic N) is 1. The van der Waals surface area contributed by atoms with Crippen molar-refractivity contribution in [2.24, 2.45) is 0 Å². The standard InChI is InChI=1S/C14H11BrN2O/c15-10-5-1-3-7-12(10)17-9-14(18)16-11-6-2-4-8-13(11)17/h1-8H,9H2,(H,16,18). The fraction of sp³-hybridized carbons (Fsp3) is 0.0714. The molecular weight excluding hydrogens is 292 g/mol. The second kappa shape index (κ2) is 4.46. The van der Waals surface area contributed by atoms with Gasteiger partial charge in [0.1, 0.15) is 6.54 Å². The van der Waals surface area contributed by atoms with Crippen LogP contribution in [0.4, 0.5) is 17.1 Å². The van der Waals surface area contributed by atoms with E-state index in [0.717, 1.165) is 21.5 Å². The Balaban J connectivity index is 2.13. The van der Waals surface area contributed by atoms with Crippen molar-refractivity contribution < 1.29 is 4.79 Å². The average Bonchev–Trinajstić information content (AvgIpc) is 2.38. The summed E-state index contributed by atoms with van der Waals surface area (Å²) in [5.41, 5.74) is 2.87. The molecule has 0 bridgehead atoms. The summed E-state index contributed by atoms with van der Waals surface area (Å²) >= 11 is 3.53. The van der Waals surface area contributed by atoms with Crippen molar-refractivity contribution in [2.45, 2.75) is 0 Å². The van der Waals surface area contributed by atoms with Crippen LogP contribution in [-0.2, 0) is 4.79 Å². The molecule has 0 radical (unpaired) electrons. The van der Waals surface area contributed by atoms with Crippen molar-refractivity contribution >= 4 is 38.9 Å². The number of fused-ring (bicyclic) bond motifs is 1. The highest BCUT2D eigenvalue weighted by atomic mass is 79.9. The van der Waals surface area contributed by atoms with Gasteiger partial charge in [0.15, 0.2) is 0 Å². The van der Waals surface area contributed by atoms with Crippen LogP contribution in [0.3, 0.4) is 0 Å². The van der Waals surface area contributed by atoms with Crippen LogP contribution in [0.25, 0.3) is 0 Å². The number of para-hydroxylation sites is 3. The molecule has 18 heavy (non-hydrogen) atoms. The number of nitrogens with one attached hydrogen (secondary N) is 1. The number of benzene rings is 2. The van der Waals surface area contributed by atoms with E-state index in [1.165, 1.54) is 0 Å². The van der Waals surface area contributed by atoms with Gasteiger partial charge in [0.2, 0.25) is 5.91 Å². The fourth-order valence-electron chi connectivity index (χ4n) is 2.12. The van der Waals surface area contributed by atoms with E-state index in [1.54, 1.807) is 0 Å². The van der Waals surface area contributed by atoms with E-state index >= 15 is 0 Å². The predicted molar refractivity (Wildman–Crippen MR) is 76.2 cm³/mol. The Morgan fingerprint density at radius 2 is 1.67 bits per heavy atom. The highest BCUT2D eigenvalue weighted by Gasteiger charge is 2.23. The molecule has 0 saturated carbocycles. The first-order valence-electron chi connectivity index (χ1n) is 5.66.